The van der Waals surface area contributed by atoms with Crippen molar-refractivity contribution < 1.29 is 0 Å². The first-order chi connectivity index (χ1) is 35.4. The van der Waals surface area contributed by atoms with Gasteiger partial charge in [0.15, 0.2) is 31.8 Å². The molecule has 0 aromatic heterocycles. The maximum atomic E-state index is 6.21. The van der Waals surface area contributed by atoms with Crippen LogP contribution in [0.2, 0.25) is 0 Å². The normalized spacial score (nSPS) is 15.6. The Balaban J connectivity index is 1.32. The Labute approximate surface area is 451 Å². The minimum absolute atomic E-state index is 0.462. The summed E-state index contributed by atoms with van der Waals surface area (Å²) in [7, 11) is -3.57. The summed E-state index contributed by atoms with van der Waals surface area (Å²) in [5.41, 5.74) is 5.73. The Kier molecular flexibility index (Phi) is 15.0. The number of benzene rings is 9. The number of rotatable bonds is 13. The van der Waals surface area contributed by atoms with Gasteiger partial charge in [0.05, 0.1) is 30.5 Å². The van der Waals surface area contributed by atoms with Gasteiger partial charge in [0.25, 0.3) is 23.1 Å². The fraction of sp³-hybridized carbons (Fsp3) is 0.129. The lowest BCUT2D eigenvalue weighted by Crippen LogP contribution is -2.54. The smallest absolute Gasteiger partial charge is 0.276 e. The Hall–Kier alpha value is -5.32. The third-order valence-electron chi connectivity index (χ3n) is 14.0. The summed E-state index contributed by atoms with van der Waals surface area (Å²) < 4.78 is 21.9. The Morgan fingerprint density at radius 3 is 0.819 bits per heavy atom. The van der Waals surface area contributed by atoms with E-state index in [0.717, 1.165) is 33.1 Å². The van der Waals surface area contributed by atoms with Crippen LogP contribution in [0.5, 0.6) is 0 Å². The average molecular weight is 1180 g/mol. The van der Waals surface area contributed by atoms with Gasteiger partial charge in [-0.2, -0.15) is 0 Å². The zero-order valence-corrected chi connectivity index (χ0v) is 47.0. The molecule has 0 atom stereocenters. The van der Waals surface area contributed by atoms with Crippen molar-refractivity contribution >= 4 is 103 Å². The van der Waals surface area contributed by atoms with Crippen LogP contribution in [0.4, 0.5) is 0 Å². The second-order valence-electron chi connectivity index (χ2n) is 18.4. The molecule has 72 heavy (non-hydrogen) atoms. The molecule has 4 nitrogen and oxygen atoms in total. The molecule has 0 saturated heterocycles. The number of halogens is 3. The van der Waals surface area contributed by atoms with E-state index in [2.05, 4.69) is 289 Å². The van der Waals surface area contributed by atoms with Crippen molar-refractivity contribution in [1.29, 1.82) is 0 Å². The minimum Gasteiger partial charge on any atom is -0.290 e. The van der Waals surface area contributed by atoms with Crippen LogP contribution in [0, 0.1) is 5.41 Å². The summed E-state index contributed by atoms with van der Waals surface area (Å²) in [4.78, 5) is 2.57. The Morgan fingerprint density at radius 1 is 0.347 bits per heavy atom. The molecule has 0 N–H and O–H groups in total. The van der Waals surface area contributed by atoms with E-state index in [4.69, 9.17) is 14.2 Å². The summed E-state index contributed by atoms with van der Waals surface area (Å²) in [5.74, 6) is 0. The van der Waals surface area contributed by atoms with Gasteiger partial charge >= 0.3 is 0 Å². The summed E-state index contributed by atoms with van der Waals surface area (Å²) in [6, 6.07) is 87.1. The van der Waals surface area contributed by atoms with Gasteiger partial charge in [-0.3, -0.25) is 4.90 Å². The van der Waals surface area contributed by atoms with Gasteiger partial charge in [0, 0.05) is 33.1 Å². The van der Waals surface area contributed by atoms with E-state index >= 15 is 0 Å². The van der Waals surface area contributed by atoms with Crippen LogP contribution in [0.25, 0.3) is 0 Å². The van der Waals surface area contributed by atoms with E-state index in [1.54, 1.807) is 0 Å². The van der Waals surface area contributed by atoms with Gasteiger partial charge < -0.3 is 0 Å². The van der Waals surface area contributed by atoms with Gasteiger partial charge in [-0.25, -0.2) is 0 Å². The highest BCUT2D eigenvalue weighted by Gasteiger charge is 2.58. The van der Waals surface area contributed by atoms with Crippen molar-refractivity contribution in [3.05, 3.63) is 283 Å². The van der Waals surface area contributed by atoms with Crippen molar-refractivity contribution in [3.63, 3.8) is 0 Å². The largest absolute Gasteiger partial charge is 0.290 e. The van der Waals surface area contributed by atoms with E-state index in [-0.39, 0.29) is 0 Å². The van der Waals surface area contributed by atoms with E-state index in [1.807, 2.05) is 0 Å². The fourth-order valence-electron chi connectivity index (χ4n) is 10.6. The molecule has 0 unspecified atom stereocenters. The molecule has 0 fully saturated rings. The van der Waals surface area contributed by atoms with Gasteiger partial charge in [0.2, 0.25) is 0 Å². The SMILES string of the molecule is Brc1ccc2cc1CN1Cc3cc(ccc3Br)C2(C(CN=[P+](c2ccccc2)c2ccccc2)(CN=[P+](c2ccccc2)c2ccccc2)CN=[P+](c2ccccc2)c2ccccc2)c2ccc(Br)c(c2)C1. The summed E-state index contributed by atoms with van der Waals surface area (Å²) in [5, 5.41) is 7.28. The molecule has 8 bridgehead atoms. The third kappa shape index (κ3) is 9.91. The third-order valence-corrected chi connectivity index (χ3v) is 22.3. The number of nitrogens with zero attached hydrogens (tertiary/aromatic N) is 4. The zero-order chi connectivity index (χ0) is 48.9. The van der Waals surface area contributed by atoms with Gasteiger partial charge in [-0.15, -0.1) is 0 Å². The first-order valence-electron chi connectivity index (χ1n) is 24.2. The highest BCUT2D eigenvalue weighted by molar-refractivity contribution is 9.11. The monoisotopic (exact) mass is 1180 g/mol. The maximum Gasteiger partial charge on any atom is 0.276 e. The van der Waals surface area contributed by atoms with Crippen LogP contribution < -0.4 is 31.8 Å². The van der Waals surface area contributed by atoms with Crippen molar-refractivity contribution in [1.82, 2.24) is 4.90 Å². The molecule has 3 aliphatic heterocycles. The highest BCUT2D eigenvalue weighted by atomic mass is 79.9. The minimum atomic E-state index is -1.19. The molecule has 3 aliphatic rings. The van der Waals surface area contributed by atoms with Gasteiger partial charge in [-0.1, -0.05) is 208 Å². The van der Waals surface area contributed by atoms with Crippen LogP contribution in [0.3, 0.4) is 0 Å². The van der Waals surface area contributed by atoms with Crippen LogP contribution in [0.1, 0.15) is 33.4 Å². The van der Waals surface area contributed by atoms with Crippen LogP contribution in [-0.2, 0) is 25.0 Å². The molecule has 352 valence electrons. The molecule has 9 aromatic rings. The number of hydrogen-bond acceptors (Lipinski definition) is 4. The predicted octanol–water partition coefficient (Wildman–Crippen LogP) is 15.1. The summed E-state index contributed by atoms with van der Waals surface area (Å²) >= 11 is 12.3. The maximum absolute atomic E-state index is 6.21. The summed E-state index contributed by atoms with van der Waals surface area (Å²) in [6.45, 7) is 3.67. The second kappa shape index (κ2) is 22.0. The first-order valence-corrected chi connectivity index (χ1v) is 30.5. The highest BCUT2D eigenvalue weighted by Crippen LogP contribution is 2.57. The molecule has 0 saturated carbocycles. The standard InChI is InChI=1S/C62H51Br3N4P3/c63-58-34-31-49-37-46(58)40-69-41-47-38-50(32-35-59(47)64)62(49,51-33-36-60(65)48(39-51)42-69)61(43-66-70(52-19-7-1-8-20-52)53-21-9-2-10-22-53,44-67-71(54-23-11-3-12-24-54)55-25-13-4-14-26-55)45-68-72(56-27-15-5-16-28-56)57-29-17-6-18-30-57/h1-39H,40-45H2/q+3. The van der Waals surface area contributed by atoms with E-state index in [1.165, 1.54) is 65.2 Å². The van der Waals surface area contributed by atoms with E-state index in [0.29, 0.717) is 19.6 Å². The van der Waals surface area contributed by atoms with Crippen LogP contribution >= 0.6 is 70.9 Å². The zero-order valence-electron chi connectivity index (χ0n) is 39.5. The lowest BCUT2D eigenvalue weighted by Gasteiger charge is -2.50. The molecule has 9 aromatic carbocycles. The van der Waals surface area contributed by atoms with Crippen LogP contribution in [-0.4, -0.2) is 24.5 Å². The van der Waals surface area contributed by atoms with Gasteiger partial charge in [0.1, 0.15) is 0 Å². The molecule has 0 radical (unpaired) electrons. The molecule has 0 amide bonds. The summed E-state index contributed by atoms with van der Waals surface area (Å²) in [6.07, 6.45) is 0. The molecule has 0 spiro atoms. The molecule has 10 heteroatoms. The Bertz CT molecular complexity index is 2960. The second-order valence-corrected chi connectivity index (χ2v) is 26.8. The lowest BCUT2D eigenvalue weighted by atomic mass is 9.53. The van der Waals surface area contributed by atoms with Gasteiger partial charge in [-0.05, 0) is 124 Å². The Morgan fingerprint density at radius 2 is 0.583 bits per heavy atom. The molecular formula is C62H51Br3N4P3+3. The van der Waals surface area contributed by atoms with Crippen molar-refractivity contribution in [2.75, 3.05) is 19.6 Å². The molecular weight excluding hydrogens is 1130 g/mol. The average Bonchev–Trinajstić information content (AvgIpc) is 3.43. The van der Waals surface area contributed by atoms with Crippen molar-refractivity contribution in [2.24, 2.45) is 19.6 Å². The van der Waals surface area contributed by atoms with Crippen molar-refractivity contribution in [2.45, 2.75) is 25.0 Å². The molecule has 3 heterocycles. The number of hydrogen-bond donors (Lipinski definition) is 0. The van der Waals surface area contributed by atoms with E-state index in [9.17, 15) is 0 Å². The first kappa shape index (κ1) is 48.9. The quantitative estimate of drug-likeness (QED) is 0.106. The fourth-order valence-corrected chi connectivity index (χ4v) is 17.5. The lowest BCUT2D eigenvalue weighted by molar-refractivity contribution is 0.210. The predicted molar refractivity (Wildman–Crippen MR) is 317 cm³/mol. The topological polar surface area (TPSA) is 40.3 Å². The molecule has 0 aliphatic carbocycles. The van der Waals surface area contributed by atoms with E-state index < -0.39 is 34.0 Å². The molecule has 12 rings (SSSR count). The van der Waals surface area contributed by atoms with Crippen molar-refractivity contribution in [3.8, 4) is 0 Å². The van der Waals surface area contributed by atoms with Crippen LogP contribution in [0.15, 0.2) is 264 Å².